The van der Waals surface area contributed by atoms with Gasteiger partial charge in [-0.05, 0) is 64.8 Å². The third-order valence-electron chi connectivity index (χ3n) is 7.75. The highest BCUT2D eigenvalue weighted by Crippen LogP contribution is 2.55. The molecule has 0 saturated heterocycles. The van der Waals surface area contributed by atoms with E-state index in [0.717, 1.165) is 6.42 Å². The average Bonchev–Trinajstić information content (AvgIpc) is 2.92. The predicted octanol–water partition coefficient (Wildman–Crippen LogP) is 5.13. The van der Waals surface area contributed by atoms with Crippen LogP contribution in [0.3, 0.4) is 0 Å². The molecule has 0 aromatic heterocycles. The minimum Gasteiger partial charge on any atom is -0.464 e. The number of carbonyl (C=O) groups is 2. The lowest BCUT2D eigenvalue weighted by Gasteiger charge is -2.45. The van der Waals surface area contributed by atoms with Gasteiger partial charge in [0.25, 0.3) is 10.1 Å². The van der Waals surface area contributed by atoms with Crippen LogP contribution in [0.15, 0.2) is 65.6 Å². The van der Waals surface area contributed by atoms with Crippen LogP contribution in [0.25, 0.3) is 0 Å². The number of fused-ring (bicyclic) bond motifs is 1. The largest absolute Gasteiger partial charge is 0.464 e. The number of hydrogen-bond acceptors (Lipinski definition) is 7. The van der Waals surface area contributed by atoms with Gasteiger partial charge in [-0.1, -0.05) is 62.4 Å². The SMILES string of the molecule is Cc1cc(S(=O)(=O)O)c(C(C)C)cc1OC(=O)COCC(=O)OCC1CC2c3ccccc3C1c1ccccc12. The summed E-state index contributed by atoms with van der Waals surface area (Å²) in [6.07, 6.45) is 0.896. The van der Waals surface area contributed by atoms with Gasteiger partial charge in [0.2, 0.25) is 0 Å². The van der Waals surface area contributed by atoms with Gasteiger partial charge in [0.05, 0.1) is 11.5 Å². The molecule has 3 aromatic rings. The molecular formula is C31H32O8S. The van der Waals surface area contributed by atoms with Crippen LogP contribution in [-0.2, 0) is 29.2 Å². The fourth-order valence-electron chi connectivity index (χ4n) is 6.00. The summed E-state index contributed by atoms with van der Waals surface area (Å²) < 4.78 is 49.2. The summed E-state index contributed by atoms with van der Waals surface area (Å²) in [5.74, 6) is -0.824. The third kappa shape index (κ3) is 5.54. The van der Waals surface area contributed by atoms with E-state index >= 15 is 0 Å². The number of esters is 2. The minimum absolute atomic E-state index is 0.146. The van der Waals surface area contributed by atoms with Crippen molar-refractivity contribution in [2.24, 2.45) is 5.92 Å². The van der Waals surface area contributed by atoms with Crippen LogP contribution in [0, 0.1) is 12.8 Å². The fourth-order valence-corrected chi connectivity index (χ4v) is 6.91. The quantitative estimate of drug-likeness (QED) is 0.216. The van der Waals surface area contributed by atoms with E-state index in [1.54, 1.807) is 20.8 Å². The molecule has 9 heteroatoms. The fraction of sp³-hybridized carbons (Fsp3) is 0.355. The van der Waals surface area contributed by atoms with E-state index in [1.807, 2.05) is 12.1 Å². The minimum atomic E-state index is -4.43. The summed E-state index contributed by atoms with van der Waals surface area (Å²) in [4.78, 5) is 24.6. The lowest BCUT2D eigenvalue weighted by molar-refractivity contribution is -0.153. The highest BCUT2D eigenvalue weighted by Gasteiger charge is 2.43. The Kier molecular flexibility index (Phi) is 7.81. The maximum Gasteiger partial charge on any atom is 0.337 e. The van der Waals surface area contributed by atoms with Crippen LogP contribution >= 0.6 is 0 Å². The van der Waals surface area contributed by atoms with Crippen LogP contribution < -0.4 is 4.74 Å². The van der Waals surface area contributed by atoms with Gasteiger partial charge in [0.15, 0.2) is 0 Å². The molecule has 0 saturated carbocycles. The van der Waals surface area contributed by atoms with E-state index in [4.69, 9.17) is 14.2 Å². The van der Waals surface area contributed by atoms with Crippen molar-refractivity contribution in [2.45, 2.75) is 49.8 Å². The first-order valence-electron chi connectivity index (χ1n) is 13.3. The summed E-state index contributed by atoms with van der Waals surface area (Å²) in [5.41, 5.74) is 5.95. The molecule has 1 atom stereocenters. The average molecular weight is 565 g/mol. The summed E-state index contributed by atoms with van der Waals surface area (Å²) in [5, 5.41) is 0. The molecule has 0 amide bonds. The molecule has 210 valence electrons. The Morgan fingerprint density at radius 2 is 1.50 bits per heavy atom. The van der Waals surface area contributed by atoms with Gasteiger partial charge in [0.1, 0.15) is 19.0 Å². The molecule has 0 heterocycles. The van der Waals surface area contributed by atoms with Crippen molar-refractivity contribution in [1.29, 1.82) is 0 Å². The molecule has 0 fully saturated rings. The number of rotatable bonds is 9. The van der Waals surface area contributed by atoms with Gasteiger partial charge in [-0.15, -0.1) is 0 Å². The van der Waals surface area contributed by atoms with E-state index in [2.05, 4.69) is 36.4 Å². The van der Waals surface area contributed by atoms with Crippen LogP contribution in [0.2, 0.25) is 0 Å². The van der Waals surface area contributed by atoms with Crippen molar-refractivity contribution >= 4 is 22.1 Å². The van der Waals surface area contributed by atoms with Crippen molar-refractivity contribution in [3.8, 4) is 5.75 Å². The van der Waals surface area contributed by atoms with E-state index < -0.39 is 35.3 Å². The van der Waals surface area contributed by atoms with Gasteiger partial charge in [-0.2, -0.15) is 8.42 Å². The van der Waals surface area contributed by atoms with Crippen molar-refractivity contribution in [2.75, 3.05) is 19.8 Å². The number of hydrogen-bond donors (Lipinski definition) is 1. The first-order valence-corrected chi connectivity index (χ1v) is 14.7. The molecule has 3 aromatic carbocycles. The normalized spacial score (nSPS) is 19.2. The smallest absolute Gasteiger partial charge is 0.337 e. The first-order chi connectivity index (χ1) is 19.0. The molecule has 0 radical (unpaired) electrons. The molecule has 40 heavy (non-hydrogen) atoms. The summed E-state index contributed by atoms with van der Waals surface area (Å²) in [6, 6.07) is 19.6. The molecule has 1 unspecified atom stereocenters. The molecule has 3 aliphatic carbocycles. The molecule has 0 spiro atoms. The molecule has 8 nitrogen and oxygen atoms in total. The zero-order valence-corrected chi connectivity index (χ0v) is 23.4. The molecule has 6 rings (SSSR count). The Bertz CT molecular complexity index is 1510. The topological polar surface area (TPSA) is 116 Å². The highest BCUT2D eigenvalue weighted by molar-refractivity contribution is 7.85. The second-order valence-electron chi connectivity index (χ2n) is 10.7. The number of aryl methyl sites for hydroxylation is 1. The van der Waals surface area contributed by atoms with Gasteiger partial charge < -0.3 is 14.2 Å². The van der Waals surface area contributed by atoms with E-state index in [1.165, 1.54) is 34.4 Å². The van der Waals surface area contributed by atoms with Crippen LogP contribution in [-0.4, -0.2) is 44.7 Å². The van der Waals surface area contributed by atoms with Gasteiger partial charge >= 0.3 is 11.9 Å². The van der Waals surface area contributed by atoms with E-state index in [-0.39, 0.29) is 40.9 Å². The monoisotopic (exact) mass is 564 g/mol. The Morgan fingerprint density at radius 3 is 2.08 bits per heavy atom. The van der Waals surface area contributed by atoms with E-state index in [0.29, 0.717) is 11.1 Å². The maximum atomic E-state index is 12.4. The molecular weight excluding hydrogens is 532 g/mol. The molecule has 0 aliphatic heterocycles. The van der Waals surface area contributed by atoms with E-state index in [9.17, 15) is 22.6 Å². The van der Waals surface area contributed by atoms with Crippen LogP contribution in [0.4, 0.5) is 0 Å². The van der Waals surface area contributed by atoms with Crippen molar-refractivity contribution in [1.82, 2.24) is 0 Å². The predicted molar refractivity (Wildman–Crippen MR) is 147 cm³/mol. The molecule has 2 bridgehead atoms. The zero-order valence-electron chi connectivity index (χ0n) is 22.6. The summed E-state index contributed by atoms with van der Waals surface area (Å²) in [6.45, 7) is 4.45. The van der Waals surface area contributed by atoms with Crippen molar-refractivity contribution in [3.63, 3.8) is 0 Å². The second kappa shape index (κ2) is 11.2. The second-order valence-corrected chi connectivity index (χ2v) is 12.1. The summed E-state index contributed by atoms with van der Waals surface area (Å²) in [7, 11) is -4.43. The van der Waals surface area contributed by atoms with Crippen molar-refractivity contribution in [3.05, 3.63) is 94.0 Å². The Labute approximate surface area is 234 Å². The first kappa shape index (κ1) is 28.0. The van der Waals surface area contributed by atoms with Gasteiger partial charge in [0, 0.05) is 17.8 Å². The van der Waals surface area contributed by atoms with Gasteiger partial charge in [-0.25, -0.2) is 9.59 Å². The van der Waals surface area contributed by atoms with Crippen LogP contribution in [0.1, 0.15) is 71.4 Å². The standard InChI is InChI=1S/C31H32O8S/c1-18(2)25-14-27(19(3)12-28(25)40(34,35)36)39-30(33)17-37-16-29(32)38-15-20-13-26-21-8-4-6-10-23(21)31(20)24-11-7-5-9-22(24)26/h4-12,14,18,20,26,31H,13,15-17H2,1-3H3,(H,34,35,36). The Balaban J connectivity index is 1.15. The Hall–Kier alpha value is -3.53. The molecule has 3 aliphatic rings. The van der Waals surface area contributed by atoms with Crippen LogP contribution in [0.5, 0.6) is 5.75 Å². The third-order valence-corrected chi connectivity index (χ3v) is 8.66. The molecule has 1 N–H and O–H groups in total. The maximum absolute atomic E-state index is 12.4. The zero-order chi connectivity index (χ0) is 28.6. The van der Waals surface area contributed by atoms with Gasteiger partial charge in [-0.3, -0.25) is 4.55 Å². The highest BCUT2D eigenvalue weighted by atomic mass is 32.2. The number of ether oxygens (including phenoxy) is 3. The lowest BCUT2D eigenvalue weighted by Crippen LogP contribution is -2.35. The summed E-state index contributed by atoms with van der Waals surface area (Å²) >= 11 is 0. The Morgan fingerprint density at radius 1 is 0.925 bits per heavy atom. The van der Waals surface area contributed by atoms with Crippen molar-refractivity contribution < 1.29 is 36.8 Å². The lowest BCUT2D eigenvalue weighted by atomic mass is 9.59. The number of benzene rings is 3. The number of carbonyl (C=O) groups excluding carboxylic acids is 2.